The number of benzene rings is 1. The Labute approximate surface area is 154 Å². The summed E-state index contributed by atoms with van der Waals surface area (Å²) in [6, 6.07) is 10.6. The summed E-state index contributed by atoms with van der Waals surface area (Å²) >= 11 is 0.968. The molecular formula is C18H17N3O4S. The number of nitrogens with zero attached hydrogens (tertiary/aromatic N) is 1. The van der Waals surface area contributed by atoms with Gasteiger partial charge in [-0.05, 0) is 31.5 Å². The fraction of sp³-hybridized carbons (Fsp3) is 0.222. The SMILES string of the molecule is CCOC(=O)c1c(NC(=O)CC#N)sc(C(=O)Nc2ccccc2)c1C. The number of nitrogens with one attached hydrogen (secondary N) is 2. The molecule has 2 N–H and O–H groups in total. The zero-order valence-electron chi connectivity index (χ0n) is 14.3. The molecule has 134 valence electrons. The van der Waals surface area contributed by atoms with Gasteiger partial charge in [0.2, 0.25) is 5.91 Å². The summed E-state index contributed by atoms with van der Waals surface area (Å²) in [5.41, 5.74) is 1.15. The highest BCUT2D eigenvalue weighted by atomic mass is 32.1. The van der Waals surface area contributed by atoms with E-state index in [9.17, 15) is 14.4 Å². The number of para-hydroxylation sites is 1. The molecule has 1 aromatic carbocycles. The average molecular weight is 371 g/mol. The first kappa shape index (κ1) is 19.1. The summed E-state index contributed by atoms with van der Waals surface area (Å²) in [5.74, 6) is -1.59. The second-order valence-electron chi connectivity index (χ2n) is 5.18. The minimum atomic E-state index is -0.632. The predicted octanol–water partition coefficient (Wildman–Crippen LogP) is 3.34. The van der Waals surface area contributed by atoms with Crippen LogP contribution in [0.2, 0.25) is 0 Å². The van der Waals surface area contributed by atoms with E-state index >= 15 is 0 Å². The molecule has 0 aliphatic rings. The molecule has 0 fully saturated rings. The van der Waals surface area contributed by atoms with Gasteiger partial charge in [0.25, 0.3) is 5.91 Å². The highest BCUT2D eigenvalue weighted by Gasteiger charge is 2.26. The highest BCUT2D eigenvalue weighted by Crippen LogP contribution is 2.34. The number of anilines is 2. The summed E-state index contributed by atoms with van der Waals surface area (Å²) in [6.45, 7) is 3.43. The number of carbonyl (C=O) groups is 3. The van der Waals surface area contributed by atoms with Crippen molar-refractivity contribution < 1.29 is 19.1 Å². The van der Waals surface area contributed by atoms with Crippen molar-refractivity contribution in [3.05, 3.63) is 46.3 Å². The number of hydrogen-bond acceptors (Lipinski definition) is 6. The number of carbonyl (C=O) groups excluding carboxylic acids is 3. The maximum Gasteiger partial charge on any atom is 0.341 e. The molecule has 1 heterocycles. The van der Waals surface area contributed by atoms with Gasteiger partial charge < -0.3 is 15.4 Å². The Morgan fingerprint density at radius 3 is 2.50 bits per heavy atom. The molecule has 2 rings (SSSR count). The molecule has 26 heavy (non-hydrogen) atoms. The topological polar surface area (TPSA) is 108 Å². The lowest BCUT2D eigenvalue weighted by molar-refractivity contribution is -0.115. The van der Waals surface area contributed by atoms with Crippen molar-refractivity contribution in [2.24, 2.45) is 0 Å². The van der Waals surface area contributed by atoms with Crippen LogP contribution in [-0.4, -0.2) is 24.4 Å². The number of esters is 1. The Morgan fingerprint density at radius 1 is 1.19 bits per heavy atom. The monoisotopic (exact) mass is 371 g/mol. The van der Waals surface area contributed by atoms with Crippen molar-refractivity contribution in [1.29, 1.82) is 5.26 Å². The second-order valence-corrected chi connectivity index (χ2v) is 6.20. The van der Waals surface area contributed by atoms with Crippen LogP contribution in [0, 0.1) is 18.3 Å². The van der Waals surface area contributed by atoms with Crippen molar-refractivity contribution in [3.8, 4) is 6.07 Å². The smallest absolute Gasteiger partial charge is 0.341 e. The number of hydrogen-bond donors (Lipinski definition) is 2. The molecule has 0 unspecified atom stereocenters. The van der Waals surface area contributed by atoms with E-state index in [4.69, 9.17) is 10.00 Å². The first-order chi connectivity index (χ1) is 12.5. The molecule has 0 bridgehead atoms. The molecule has 0 saturated heterocycles. The summed E-state index contributed by atoms with van der Waals surface area (Å²) in [4.78, 5) is 36.9. The fourth-order valence-corrected chi connectivity index (χ4v) is 3.33. The molecular weight excluding hydrogens is 354 g/mol. The molecule has 0 atom stereocenters. The van der Waals surface area contributed by atoms with Gasteiger partial charge in [-0.25, -0.2) is 4.79 Å². The summed E-state index contributed by atoms with van der Waals surface area (Å²) < 4.78 is 5.02. The van der Waals surface area contributed by atoms with E-state index in [0.717, 1.165) is 11.3 Å². The van der Waals surface area contributed by atoms with Gasteiger partial charge in [-0.2, -0.15) is 5.26 Å². The lowest BCUT2D eigenvalue weighted by atomic mass is 10.1. The molecule has 1 aromatic heterocycles. The molecule has 7 nitrogen and oxygen atoms in total. The first-order valence-corrected chi connectivity index (χ1v) is 8.63. The van der Waals surface area contributed by atoms with Crippen LogP contribution in [0.25, 0.3) is 0 Å². The van der Waals surface area contributed by atoms with Crippen LogP contribution in [0.4, 0.5) is 10.7 Å². The van der Waals surface area contributed by atoms with E-state index in [1.165, 1.54) is 0 Å². The van der Waals surface area contributed by atoms with Gasteiger partial charge in [-0.1, -0.05) is 18.2 Å². The van der Waals surface area contributed by atoms with Crippen LogP contribution in [0.3, 0.4) is 0 Å². The van der Waals surface area contributed by atoms with E-state index < -0.39 is 17.8 Å². The fourth-order valence-electron chi connectivity index (χ4n) is 2.22. The molecule has 0 spiro atoms. The van der Waals surface area contributed by atoms with Crippen molar-refractivity contribution >= 4 is 39.8 Å². The van der Waals surface area contributed by atoms with Crippen LogP contribution < -0.4 is 10.6 Å². The zero-order valence-corrected chi connectivity index (χ0v) is 15.1. The summed E-state index contributed by atoms with van der Waals surface area (Å²) in [5, 5.41) is 14.1. The van der Waals surface area contributed by atoms with Gasteiger partial charge in [0.05, 0.1) is 23.1 Å². The lowest BCUT2D eigenvalue weighted by Crippen LogP contribution is -2.14. The molecule has 0 radical (unpaired) electrons. The largest absolute Gasteiger partial charge is 0.462 e. The minimum absolute atomic E-state index is 0.126. The number of amides is 2. The van der Waals surface area contributed by atoms with E-state index in [0.29, 0.717) is 11.3 Å². The highest BCUT2D eigenvalue weighted by molar-refractivity contribution is 7.18. The first-order valence-electron chi connectivity index (χ1n) is 7.81. The third-order valence-corrected chi connectivity index (χ3v) is 4.56. The lowest BCUT2D eigenvalue weighted by Gasteiger charge is -2.06. The maximum atomic E-state index is 12.6. The molecule has 0 saturated carbocycles. The van der Waals surface area contributed by atoms with Crippen molar-refractivity contribution in [2.45, 2.75) is 20.3 Å². The van der Waals surface area contributed by atoms with E-state index in [1.807, 2.05) is 6.07 Å². The van der Waals surface area contributed by atoms with Crippen molar-refractivity contribution in [3.63, 3.8) is 0 Å². The van der Waals surface area contributed by atoms with E-state index in [2.05, 4.69) is 10.6 Å². The number of ether oxygens (including phenoxy) is 1. The van der Waals surface area contributed by atoms with Crippen LogP contribution >= 0.6 is 11.3 Å². The van der Waals surface area contributed by atoms with Crippen molar-refractivity contribution in [2.75, 3.05) is 17.2 Å². The van der Waals surface area contributed by atoms with E-state index in [-0.39, 0.29) is 28.5 Å². The second kappa shape index (κ2) is 8.78. The Morgan fingerprint density at radius 2 is 1.88 bits per heavy atom. The van der Waals surface area contributed by atoms with E-state index in [1.54, 1.807) is 44.2 Å². The third kappa shape index (κ3) is 4.46. The molecule has 0 aliphatic carbocycles. The number of nitriles is 1. The quantitative estimate of drug-likeness (QED) is 0.757. The Hall–Kier alpha value is -3.18. The number of thiophene rings is 1. The van der Waals surface area contributed by atoms with Crippen LogP contribution in [-0.2, 0) is 9.53 Å². The molecule has 2 aromatic rings. The normalized spacial score (nSPS) is 9.88. The van der Waals surface area contributed by atoms with Crippen LogP contribution in [0.1, 0.15) is 38.9 Å². The molecule has 2 amide bonds. The maximum absolute atomic E-state index is 12.6. The van der Waals surface area contributed by atoms with Crippen LogP contribution in [0.15, 0.2) is 30.3 Å². The van der Waals surface area contributed by atoms with Crippen molar-refractivity contribution in [1.82, 2.24) is 0 Å². The minimum Gasteiger partial charge on any atom is -0.462 e. The zero-order chi connectivity index (χ0) is 19.1. The number of rotatable bonds is 6. The van der Waals surface area contributed by atoms with Gasteiger partial charge in [0.1, 0.15) is 11.4 Å². The predicted molar refractivity (Wildman–Crippen MR) is 98.3 cm³/mol. The molecule has 0 aliphatic heterocycles. The van der Waals surface area contributed by atoms with Gasteiger partial charge in [-0.15, -0.1) is 11.3 Å². The van der Waals surface area contributed by atoms with Gasteiger partial charge in [0.15, 0.2) is 0 Å². The molecule has 8 heteroatoms. The van der Waals surface area contributed by atoms with Crippen LogP contribution in [0.5, 0.6) is 0 Å². The Balaban J connectivity index is 2.37. The standard InChI is InChI=1S/C18H17N3O4S/c1-3-25-18(24)14-11(2)15(26-17(14)21-13(22)9-10-19)16(23)20-12-7-5-4-6-8-12/h4-8H,3,9H2,1-2H3,(H,20,23)(H,21,22). The summed E-state index contributed by atoms with van der Waals surface area (Å²) in [7, 11) is 0. The summed E-state index contributed by atoms with van der Waals surface area (Å²) in [6.07, 6.45) is -0.356. The third-order valence-electron chi connectivity index (χ3n) is 3.36. The van der Waals surface area contributed by atoms with Gasteiger partial charge in [0, 0.05) is 5.69 Å². The Kier molecular flexibility index (Phi) is 6.47. The van der Waals surface area contributed by atoms with Gasteiger partial charge in [-0.3, -0.25) is 9.59 Å². The Bertz CT molecular complexity index is 869. The van der Waals surface area contributed by atoms with Gasteiger partial charge >= 0.3 is 5.97 Å². The average Bonchev–Trinajstić information content (AvgIpc) is 2.92.